The Morgan fingerprint density at radius 1 is 1.22 bits per heavy atom. The highest BCUT2D eigenvalue weighted by atomic mass is 33.1. The van der Waals surface area contributed by atoms with Gasteiger partial charge in [-0.15, -0.1) is 5.06 Å². The monoisotopic (exact) mass is 387 g/mol. The van der Waals surface area contributed by atoms with Crippen LogP contribution in [0, 0.1) is 0 Å². The van der Waals surface area contributed by atoms with Crippen LogP contribution in [0.15, 0.2) is 0 Å². The summed E-state index contributed by atoms with van der Waals surface area (Å²) in [6, 6.07) is 0. The third-order valence-electron chi connectivity index (χ3n) is 2.49. The number of carboxylic acid groups (broad SMARTS) is 1. The van der Waals surface area contributed by atoms with Crippen LogP contribution in [0.5, 0.6) is 0 Å². The van der Waals surface area contributed by atoms with E-state index in [2.05, 4.69) is 4.84 Å². The number of aliphatic carboxylic acids is 1. The van der Waals surface area contributed by atoms with Crippen LogP contribution < -0.4 is 0 Å². The molecule has 1 rings (SSSR count). The topological polar surface area (TPSA) is 155 Å². The molecule has 13 heteroatoms. The molecule has 1 atom stereocenters. The lowest BCUT2D eigenvalue weighted by atomic mass is 10.4. The summed E-state index contributed by atoms with van der Waals surface area (Å²) < 4.78 is 30.6. The maximum atomic E-state index is 11.6. The molecule has 1 unspecified atom stereocenters. The molecule has 0 aromatic rings. The van der Waals surface area contributed by atoms with Crippen LogP contribution in [0.25, 0.3) is 0 Å². The van der Waals surface area contributed by atoms with Gasteiger partial charge in [-0.25, -0.2) is 4.79 Å². The highest BCUT2D eigenvalue weighted by Crippen LogP contribution is 2.24. The molecule has 1 heterocycles. The summed E-state index contributed by atoms with van der Waals surface area (Å²) >= 11 is 0. The van der Waals surface area contributed by atoms with Gasteiger partial charge < -0.3 is 9.94 Å². The predicted molar refractivity (Wildman–Crippen MR) is 79.7 cm³/mol. The fraction of sp³-hybridized carbons (Fsp3) is 0.600. The Hall–Kier alpha value is -1.31. The number of imide groups is 1. The Labute approximate surface area is 139 Å². The summed E-state index contributed by atoms with van der Waals surface area (Å²) in [6.07, 6.45) is -0.973. The number of hydrogen-bond acceptors (Lipinski definition) is 9. The molecule has 130 valence electrons. The highest BCUT2D eigenvalue weighted by molar-refractivity contribution is 8.76. The van der Waals surface area contributed by atoms with Crippen molar-refractivity contribution in [2.45, 2.75) is 24.5 Å². The lowest BCUT2D eigenvalue weighted by Gasteiger charge is -2.12. The first-order chi connectivity index (χ1) is 10.6. The summed E-state index contributed by atoms with van der Waals surface area (Å²) in [4.78, 5) is 49.3. The molecule has 0 aromatic carbocycles. The molecular formula is C10H13NO9S3. The van der Waals surface area contributed by atoms with Crippen molar-refractivity contribution in [3.05, 3.63) is 0 Å². The van der Waals surface area contributed by atoms with Gasteiger partial charge in [0.15, 0.2) is 5.25 Å². The number of nitrogens with zero attached hydrogens (tertiary/aromatic N) is 1. The Balaban J connectivity index is 2.36. The number of carbonyl (C=O) groups excluding carboxylic acids is 3. The fourth-order valence-corrected chi connectivity index (χ4v) is 4.08. The number of carboxylic acids is 1. The van der Waals surface area contributed by atoms with Crippen LogP contribution in [0.4, 0.5) is 0 Å². The second kappa shape index (κ2) is 8.52. The number of hydroxylamine groups is 2. The molecule has 10 nitrogen and oxygen atoms in total. The molecule has 0 saturated carbocycles. The summed E-state index contributed by atoms with van der Waals surface area (Å²) in [6.45, 7) is 0. The second-order valence-electron chi connectivity index (χ2n) is 4.24. The van der Waals surface area contributed by atoms with E-state index in [0.717, 1.165) is 0 Å². The van der Waals surface area contributed by atoms with Gasteiger partial charge in [0.05, 0.1) is 19.3 Å². The van der Waals surface area contributed by atoms with Gasteiger partial charge >= 0.3 is 11.9 Å². The van der Waals surface area contributed by atoms with Gasteiger partial charge in [-0.05, 0) is 0 Å². The third-order valence-corrected chi connectivity index (χ3v) is 5.98. The Kier molecular flexibility index (Phi) is 7.31. The van der Waals surface area contributed by atoms with E-state index >= 15 is 0 Å². The minimum absolute atomic E-state index is 0.0179. The van der Waals surface area contributed by atoms with Gasteiger partial charge in [-0.1, -0.05) is 21.6 Å². The van der Waals surface area contributed by atoms with E-state index in [1.54, 1.807) is 0 Å². The average Bonchev–Trinajstić information content (AvgIpc) is 2.70. The van der Waals surface area contributed by atoms with E-state index in [1.807, 2.05) is 0 Å². The third kappa shape index (κ3) is 6.37. The smallest absolute Gasteiger partial charge is 0.334 e. The quantitative estimate of drug-likeness (QED) is 0.232. The molecule has 0 spiro atoms. The fourth-order valence-electron chi connectivity index (χ4n) is 1.43. The van der Waals surface area contributed by atoms with E-state index < -0.39 is 45.5 Å². The second-order valence-corrected chi connectivity index (χ2v) is 8.54. The first-order valence-electron chi connectivity index (χ1n) is 6.13. The van der Waals surface area contributed by atoms with Crippen molar-refractivity contribution in [3.63, 3.8) is 0 Å². The molecule has 0 aromatic heterocycles. The number of hydrogen-bond donors (Lipinski definition) is 2. The highest BCUT2D eigenvalue weighted by Gasteiger charge is 2.48. The maximum absolute atomic E-state index is 11.6. The van der Waals surface area contributed by atoms with Crippen molar-refractivity contribution < 1.29 is 42.1 Å². The van der Waals surface area contributed by atoms with Crippen molar-refractivity contribution >= 4 is 55.5 Å². The SMILES string of the molecule is O=C(O)CCSSCCC(=O)ON1C(=O)CC(S(=O)(=O)O)C1=O. The average molecular weight is 387 g/mol. The van der Waals surface area contributed by atoms with E-state index in [0.29, 0.717) is 5.75 Å². The molecular weight excluding hydrogens is 374 g/mol. The van der Waals surface area contributed by atoms with Crippen LogP contribution in [-0.2, 0) is 34.1 Å². The minimum Gasteiger partial charge on any atom is -0.481 e. The van der Waals surface area contributed by atoms with E-state index in [9.17, 15) is 27.6 Å². The van der Waals surface area contributed by atoms with E-state index in [-0.39, 0.29) is 23.7 Å². The van der Waals surface area contributed by atoms with Crippen molar-refractivity contribution in [2.24, 2.45) is 0 Å². The summed E-state index contributed by atoms with van der Waals surface area (Å²) in [5.74, 6) is -3.59. The lowest BCUT2D eigenvalue weighted by molar-refractivity contribution is -0.197. The number of amides is 2. The number of rotatable bonds is 9. The van der Waals surface area contributed by atoms with Crippen LogP contribution in [0.1, 0.15) is 19.3 Å². The van der Waals surface area contributed by atoms with Gasteiger partial charge in [-0.2, -0.15) is 8.42 Å². The summed E-state index contributed by atoms with van der Waals surface area (Å²) in [7, 11) is -2.29. The molecule has 1 saturated heterocycles. The molecule has 0 aliphatic carbocycles. The first-order valence-corrected chi connectivity index (χ1v) is 10.1. The maximum Gasteiger partial charge on any atom is 0.334 e. The molecule has 1 fully saturated rings. The lowest BCUT2D eigenvalue weighted by Crippen LogP contribution is -2.36. The van der Waals surface area contributed by atoms with Crippen LogP contribution in [0.3, 0.4) is 0 Å². The van der Waals surface area contributed by atoms with Gasteiger partial charge in [0, 0.05) is 11.5 Å². The molecule has 23 heavy (non-hydrogen) atoms. The van der Waals surface area contributed by atoms with Crippen LogP contribution >= 0.6 is 21.6 Å². The van der Waals surface area contributed by atoms with E-state index in [4.69, 9.17) is 9.66 Å². The number of carbonyl (C=O) groups is 4. The van der Waals surface area contributed by atoms with Crippen molar-refractivity contribution in [3.8, 4) is 0 Å². The summed E-state index contributed by atoms with van der Waals surface area (Å²) in [5.41, 5.74) is 0. The zero-order chi connectivity index (χ0) is 17.6. The van der Waals surface area contributed by atoms with E-state index in [1.165, 1.54) is 21.6 Å². The van der Waals surface area contributed by atoms with Gasteiger partial charge in [0.1, 0.15) is 0 Å². The molecule has 0 radical (unpaired) electrons. The molecule has 1 aliphatic heterocycles. The van der Waals surface area contributed by atoms with Gasteiger partial charge in [0.25, 0.3) is 21.9 Å². The molecule has 2 N–H and O–H groups in total. The van der Waals surface area contributed by atoms with Gasteiger partial charge in [-0.3, -0.25) is 18.9 Å². The predicted octanol–water partition coefficient (Wildman–Crippen LogP) is -0.294. The summed E-state index contributed by atoms with van der Waals surface area (Å²) in [5, 5.41) is 6.51. The largest absolute Gasteiger partial charge is 0.481 e. The molecule has 1 aliphatic rings. The Bertz CT molecular complexity index is 603. The minimum atomic E-state index is -4.75. The van der Waals surface area contributed by atoms with Crippen molar-refractivity contribution in [1.29, 1.82) is 0 Å². The Morgan fingerprint density at radius 3 is 2.26 bits per heavy atom. The van der Waals surface area contributed by atoms with Crippen LogP contribution in [0.2, 0.25) is 0 Å². The van der Waals surface area contributed by atoms with Crippen molar-refractivity contribution in [2.75, 3.05) is 11.5 Å². The van der Waals surface area contributed by atoms with Crippen LogP contribution in [-0.4, -0.2) is 63.6 Å². The van der Waals surface area contributed by atoms with Gasteiger partial charge in [0.2, 0.25) is 0 Å². The zero-order valence-electron chi connectivity index (χ0n) is 11.5. The standard InChI is InChI=1S/C10H13NO9S3/c12-7-5-6(23(17,18)19)10(16)11(7)20-9(15)2-4-22-21-3-1-8(13)14/h6H,1-5H2,(H,13,14)(H,17,18,19). The normalized spacial score (nSPS) is 18.3. The molecule has 0 bridgehead atoms. The molecule has 2 amide bonds. The zero-order valence-corrected chi connectivity index (χ0v) is 14.0. The van der Waals surface area contributed by atoms with Crippen molar-refractivity contribution in [1.82, 2.24) is 5.06 Å². The Morgan fingerprint density at radius 2 is 1.78 bits per heavy atom. The first kappa shape index (κ1) is 19.7.